The van der Waals surface area contributed by atoms with Crippen molar-refractivity contribution in [2.24, 2.45) is 11.8 Å². The van der Waals surface area contributed by atoms with Crippen molar-refractivity contribution in [2.45, 2.75) is 25.4 Å². The molecule has 1 aromatic rings. The summed E-state index contributed by atoms with van der Waals surface area (Å²) < 4.78 is 19.4. The number of benzene rings is 1. The molecule has 0 spiro atoms. The van der Waals surface area contributed by atoms with Crippen molar-refractivity contribution in [3.05, 3.63) is 29.0 Å². The molecule has 1 aliphatic heterocycles. The number of halogens is 2. The Bertz CT molecular complexity index is 430. The minimum atomic E-state index is -0.409. The summed E-state index contributed by atoms with van der Waals surface area (Å²) in [6.45, 7) is 2.07. The largest absolute Gasteiger partial charge is 0.490 e. The molecular formula is C14H17ClFNO. The monoisotopic (exact) mass is 269 g/mol. The van der Waals surface area contributed by atoms with Crippen LogP contribution in [0.5, 0.6) is 5.75 Å². The summed E-state index contributed by atoms with van der Waals surface area (Å²) in [5.41, 5.74) is 0. The SMILES string of the molecule is Fc1cc(O[C@H](C2CC2)[C@@H]2CCNC2)ccc1Cl. The molecule has 1 saturated heterocycles. The number of rotatable bonds is 4. The Morgan fingerprint density at radius 3 is 2.72 bits per heavy atom. The second-order valence-electron chi connectivity index (χ2n) is 5.25. The molecule has 1 aliphatic carbocycles. The predicted octanol–water partition coefficient (Wildman–Crippen LogP) is 3.25. The molecule has 18 heavy (non-hydrogen) atoms. The highest BCUT2D eigenvalue weighted by Gasteiger charge is 2.39. The highest BCUT2D eigenvalue weighted by Crippen LogP contribution is 2.40. The van der Waals surface area contributed by atoms with E-state index in [0.29, 0.717) is 17.6 Å². The Kier molecular flexibility index (Phi) is 3.44. The molecule has 0 aromatic heterocycles. The first kappa shape index (κ1) is 12.2. The molecule has 2 atom stereocenters. The summed E-state index contributed by atoms with van der Waals surface area (Å²) in [5, 5.41) is 3.51. The van der Waals surface area contributed by atoms with Gasteiger partial charge in [-0.25, -0.2) is 4.39 Å². The second kappa shape index (κ2) is 5.06. The molecular weight excluding hydrogens is 253 g/mol. The lowest BCUT2D eigenvalue weighted by molar-refractivity contribution is 0.120. The molecule has 1 heterocycles. The third kappa shape index (κ3) is 2.62. The van der Waals surface area contributed by atoms with Crippen molar-refractivity contribution >= 4 is 11.6 Å². The van der Waals surface area contributed by atoms with Crippen LogP contribution in [-0.4, -0.2) is 19.2 Å². The number of hydrogen-bond acceptors (Lipinski definition) is 2. The maximum absolute atomic E-state index is 13.4. The molecule has 98 valence electrons. The van der Waals surface area contributed by atoms with Gasteiger partial charge in [0.15, 0.2) is 0 Å². The average Bonchev–Trinajstić information content (AvgIpc) is 3.05. The van der Waals surface area contributed by atoms with E-state index in [-0.39, 0.29) is 11.1 Å². The lowest BCUT2D eigenvalue weighted by Gasteiger charge is -2.24. The summed E-state index contributed by atoms with van der Waals surface area (Å²) in [5.74, 6) is 1.39. The van der Waals surface area contributed by atoms with Gasteiger partial charge in [0.05, 0.1) is 5.02 Å². The van der Waals surface area contributed by atoms with Crippen LogP contribution in [0.25, 0.3) is 0 Å². The fraction of sp³-hybridized carbons (Fsp3) is 0.571. The van der Waals surface area contributed by atoms with E-state index in [0.717, 1.165) is 19.5 Å². The Labute approximate surface area is 111 Å². The minimum absolute atomic E-state index is 0.146. The highest BCUT2D eigenvalue weighted by molar-refractivity contribution is 6.30. The average molecular weight is 270 g/mol. The van der Waals surface area contributed by atoms with Crippen molar-refractivity contribution in [3.63, 3.8) is 0 Å². The quantitative estimate of drug-likeness (QED) is 0.906. The topological polar surface area (TPSA) is 21.3 Å². The van der Waals surface area contributed by atoms with E-state index >= 15 is 0 Å². The molecule has 3 rings (SSSR count). The summed E-state index contributed by atoms with van der Waals surface area (Å²) in [4.78, 5) is 0. The minimum Gasteiger partial charge on any atom is -0.490 e. The van der Waals surface area contributed by atoms with Crippen LogP contribution in [0.15, 0.2) is 18.2 Å². The molecule has 1 aromatic carbocycles. The molecule has 1 saturated carbocycles. The van der Waals surface area contributed by atoms with Crippen LogP contribution in [0.2, 0.25) is 5.02 Å². The van der Waals surface area contributed by atoms with Gasteiger partial charge in [-0.15, -0.1) is 0 Å². The number of ether oxygens (including phenoxy) is 1. The second-order valence-corrected chi connectivity index (χ2v) is 5.66. The van der Waals surface area contributed by atoms with Crippen molar-refractivity contribution in [1.82, 2.24) is 5.32 Å². The summed E-state index contributed by atoms with van der Waals surface area (Å²) in [6, 6.07) is 4.70. The van der Waals surface area contributed by atoms with Gasteiger partial charge >= 0.3 is 0 Å². The van der Waals surface area contributed by atoms with Crippen molar-refractivity contribution < 1.29 is 9.13 Å². The summed E-state index contributed by atoms with van der Waals surface area (Å²) in [7, 11) is 0. The van der Waals surface area contributed by atoms with Gasteiger partial charge in [0.25, 0.3) is 0 Å². The van der Waals surface area contributed by atoms with Gasteiger partial charge in [0.2, 0.25) is 0 Å². The summed E-state index contributed by atoms with van der Waals surface area (Å²) in [6.07, 6.45) is 3.84. The van der Waals surface area contributed by atoms with Gasteiger partial charge < -0.3 is 10.1 Å². The standard InChI is InChI=1S/C14H17ClFNO/c15-12-4-3-11(7-13(12)16)18-14(9-1-2-9)10-5-6-17-8-10/h3-4,7,9-10,14,17H,1-2,5-6,8H2/t10-,14-/m1/s1. The third-order valence-corrected chi connectivity index (χ3v) is 4.12. The molecule has 1 N–H and O–H groups in total. The van der Waals surface area contributed by atoms with Gasteiger partial charge in [-0.1, -0.05) is 11.6 Å². The predicted molar refractivity (Wildman–Crippen MR) is 69.5 cm³/mol. The zero-order chi connectivity index (χ0) is 12.5. The zero-order valence-electron chi connectivity index (χ0n) is 10.2. The molecule has 2 fully saturated rings. The highest BCUT2D eigenvalue weighted by atomic mass is 35.5. The van der Waals surface area contributed by atoms with E-state index in [1.807, 2.05) is 0 Å². The first-order valence-electron chi connectivity index (χ1n) is 6.56. The first-order valence-corrected chi connectivity index (χ1v) is 6.94. The van der Waals surface area contributed by atoms with Crippen LogP contribution in [0.4, 0.5) is 4.39 Å². The van der Waals surface area contributed by atoms with E-state index in [2.05, 4.69) is 5.32 Å². The fourth-order valence-corrected chi connectivity index (χ4v) is 2.78. The van der Waals surface area contributed by atoms with Crippen molar-refractivity contribution in [3.8, 4) is 5.75 Å². The zero-order valence-corrected chi connectivity index (χ0v) is 10.9. The van der Waals surface area contributed by atoms with E-state index in [9.17, 15) is 4.39 Å². The number of hydrogen-bond donors (Lipinski definition) is 1. The molecule has 2 aliphatic rings. The summed E-state index contributed by atoms with van der Waals surface area (Å²) >= 11 is 5.68. The molecule has 4 heteroatoms. The van der Waals surface area contributed by atoms with Crippen LogP contribution in [0.3, 0.4) is 0 Å². The molecule has 0 unspecified atom stereocenters. The Morgan fingerprint density at radius 2 is 2.11 bits per heavy atom. The lowest BCUT2D eigenvalue weighted by atomic mass is 9.97. The Morgan fingerprint density at radius 1 is 1.28 bits per heavy atom. The molecule has 2 nitrogen and oxygen atoms in total. The third-order valence-electron chi connectivity index (χ3n) is 3.81. The van der Waals surface area contributed by atoms with Crippen LogP contribution >= 0.6 is 11.6 Å². The van der Waals surface area contributed by atoms with E-state index in [1.165, 1.54) is 18.9 Å². The van der Waals surface area contributed by atoms with Gasteiger partial charge in [-0.3, -0.25) is 0 Å². The fourth-order valence-electron chi connectivity index (χ4n) is 2.67. The van der Waals surface area contributed by atoms with E-state index < -0.39 is 5.82 Å². The Balaban J connectivity index is 1.73. The maximum Gasteiger partial charge on any atom is 0.145 e. The molecule has 0 amide bonds. The van der Waals surface area contributed by atoms with Crippen molar-refractivity contribution in [1.29, 1.82) is 0 Å². The first-order chi connectivity index (χ1) is 8.74. The molecule has 0 radical (unpaired) electrons. The Hall–Kier alpha value is -0.800. The lowest BCUT2D eigenvalue weighted by Crippen LogP contribution is -2.30. The van der Waals surface area contributed by atoms with Crippen LogP contribution < -0.4 is 10.1 Å². The van der Waals surface area contributed by atoms with Gasteiger partial charge in [-0.05, 0) is 43.9 Å². The normalized spacial score (nSPS) is 25.1. The van der Waals surface area contributed by atoms with Crippen LogP contribution in [0, 0.1) is 17.7 Å². The maximum atomic E-state index is 13.4. The van der Waals surface area contributed by atoms with Gasteiger partial charge in [0, 0.05) is 18.5 Å². The number of nitrogens with one attached hydrogen (secondary N) is 1. The smallest absolute Gasteiger partial charge is 0.145 e. The molecule has 0 bridgehead atoms. The van der Waals surface area contributed by atoms with Crippen molar-refractivity contribution in [2.75, 3.05) is 13.1 Å². The van der Waals surface area contributed by atoms with E-state index in [1.54, 1.807) is 12.1 Å². The van der Waals surface area contributed by atoms with Gasteiger partial charge in [0.1, 0.15) is 17.7 Å². The van der Waals surface area contributed by atoms with Crippen LogP contribution in [0.1, 0.15) is 19.3 Å². The van der Waals surface area contributed by atoms with Crippen LogP contribution in [-0.2, 0) is 0 Å². The van der Waals surface area contributed by atoms with E-state index in [4.69, 9.17) is 16.3 Å². The van der Waals surface area contributed by atoms with Gasteiger partial charge in [-0.2, -0.15) is 0 Å².